The number of rotatable bonds is 14. The van der Waals surface area contributed by atoms with Crippen LogP contribution in [0.1, 0.15) is 83.3 Å². The van der Waals surface area contributed by atoms with E-state index in [4.69, 9.17) is 18.9 Å². The summed E-state index contributed by atoms with van der Waals surface area (Å²) in [6.07, 6.45) is 4.84. The molecule has 1 saturated heterocycles. The Morgan fingerprint density at radius 3 is 2.09 bits per heavy atom. The number of carbonyl (C=O) groups excluding carboxylic acids is 3. The van der Waals surface area contributed by atoms with Crippen molar-refractivity contribution in [2.45, 2.75) is 103 Å². The first-order valence-electron chi connectivity index (χ1n) is 16.9. The van der Waals surface area contributed by atoms with E-state index in [0.717, 1.165) is 36.8 Å². The molecule has 0 unspecified atom stereocenters. The minimum Gasteiger partial charge on any atom is -0.461 e. The van der Waals surface area contributed by atoms with Crippen molar-refractivity contribution in [2.75, 3.05) is 26.4 Å². The van der Waals surface area contributed by atoms with Gasteiger partial charge in [0.15, 0.2) is 0 Å². The molecule has 2 amide bonds. The van der Waals surface area contributed by atoms with E-state index in [1.54, 1.807) is 0 Å². The summed E-state index contributed by atoms with van der Waals surface area (Å²) in [7, 11) is 0. The second-order valence-corrected chi connectivity index (χ2v) is 13.5. The number of nitrogens with one attached hydrogen (secondary N) is 1. The number of esters is 1. The maximum absolute atomic E-state index is 13.9. The first-order valence-corrected chi connectivity index (χ1v) is 16.9. The number of benzene rings is 2. The summed E-state index contributed by atoms with van der Waals surface area (Å²) in [4.78, 5) is 41.4. The Balaban J connectivity index is 1.35. The molecule has 4 rings (SSSR count). The summed E-state index contributed by atoms with van der Waals surface area (Å²) < 4.78 is 22.7. The van der Waals surface area contributed by atoms with Crippen molar-refractivity contribution in [1.29, 1.82) is 0 Å². The van der Waals surface area contributed by atoms with Gasteiger partial charge in [-0.1, -0.05) is 60.7 Å². The molecule has 9 nitrogen and oxygen atoms in total. The number of hydrogen-bond acceptors (Lipinski definition) is 7. The van der Waals surface area contributed by atoms with Crippen molar-refractivity contribution in [3.63, 3.8) is 0 Å². The molecular formula is C37H52N2O7. The van der Waals surface area contributed by atoms with Crippen LogP contribution in [0.3, 0.4) is 0 Å². The van der Waals surface area contributed by atoms with Gasteiger partial charge >= 0.3 is 12.1 Å². The number of nitrogens with zero attached hydrogens (tertiary/aromatic N) is 1. The first kappa shape index (κ1) is 35.4. The summed E-state index contributed by atoms with van der Waals surface area (Å²) in [6, 6.07) is 19.5. The molecule has 9 heteroatoms. The van der Waals surface area contributed by atoms with Crippen LogP contribution in [0.25, 0.3) is 0 Å². The maximum atomic E-state index is 13.9. The first-order chi connectivity index (χ1) is 22.2. The third kappa shape index (κ3) is 12.1. The fourth-order valence-electron chi connectivity index (χ4n) is 6.33. The van der Waals surface area contributed by atoms with Gasteiger partial charge < -0.3 is 29.2 Å². The molecule has 1 saturated carbocycles. The van der Waals surface area contributed by atoms with E-state index in [1.165, 1.54) is 0 Å². The molecule has 0 radical (unpaired) electrons. The van der Waals surface area contributed by atoms with Gasteiger partial charge in [0.2, 0.25) is 5.91 Å². The molecule has 1 atom stereocenters. The minimum atomic E-state index is -0.608. The topological polar surface area (TPSA) is 103 Å². The third-order valence-electron chi connectivity index (χ3n) is 8.81. The molecule has 1 aliphatic carbocycles. The molecule has 2 aromatic rings. The van der Waals surface area contributed by atoms with Crippen LogP contribution in [0.15, 0.2) is 60.7 Å². The fraction of sp³-hybridized carbons (Fsp3) is 0.595. The second kappa shape index (κ2) is 18.0. The van der Waals surface area contributed by atoms with Crippen LogP contribution in [-0.2, 0) is 41.8 Å². The summed E-state index contributed by atoms with van der Waals surface area (Å²) in [5.41, 5.74) is 1.45. The Morgan fingerprint density at radius 1 is 0.870 bits per heavy atom. The molecular weight excluding hydrogens is 584 g/mol. The van der Waals surface area contributed by atoms with Gasteiger partial charge in [0.05, 0.1) is 19.1 Å². The Labute approximate surface area is 274 Å². The predicted octanol–water partition coefficient (Wildman–Crippen LogP) is 6.43. The van der Waals surface area contributed by atoms with Crippen LogP contribution in [-0.4, -0.2) is 66.9 Å². The van der Waals surface area contributed by atoms with Crippen molar-refractivity contribution in [3.8, 4) is 0 Å². The summed E-state index contributed by atoms with van der Waals surface area (Å²) in [5.74, 6) is -0.0726. The van der Waals surface area contributed by atoms with Crippen LogP contribution in [0.4, 0.5) is 4.79 Å². The lowest BCUT2D eigenvalue weighted by Crippen LogP contribution is -2.47. The standard InChI is InChI=1S/C37H52N2O7/c1-37(2,3)46-36(42)38-33(30-20-23-43-24-21-30)18-19-34(40)39(22-25-44-26-28-10-6-4-7-11-28)32-16-14-31(15-17-32)35(41)45-27-29-12-8-5-9-13-29/h4-13,30-33H,14-27H2,1-3H3,(H,38,42)/t31?,32?,33-/m0/s1. The summed E-state index contributed by atoms with van der Waals surface area (Å²) >= 11 is 0. The molecule has 0 spiro atoms. The van der Waals surface area contributed by atoms with E-state index in [-0.39, 0.29) is 42.4 Å². The van der Waals surface area contributed by atoms with E-state index < -0.39 is 11.7 Å². The van der Waals surface area contributed by atoms with Crippen LogP contribution in [0, 0.1) is 11.8 Å². The second-order valence-electron chi connectivity index (χ2n) is 13.5. The quantitative estimate of drug-likeness (QED) is 0.188. The van der Waals surface area contributed by atoms with Crippen LogP contribution in [0.5, 0.6) is 0 Å². The normalized spacial score (nSPS) is 19.5. The maximum Gasteiger partial charge on any atom is 0.407 e. The number of amides is 2. The highest BCUT2D eigenvalue weighted by molar-refractivity contribution is 5.77. The number of carbonyl (C=O) groups is 3. The zero-order valence-corrected chi connectivity index (χ0v) is 27.8. The lowest BCUT2D eigenvalue weighted by atomic mass is 9.85. The molecule has 2 aliphatic rings. The van der Waals surface area contributed by atoms with E-state index >= 15 is 0 Å². The van der Waals surface area contributed by atoms with Crippen molar-refractivity contribution >= 4 is 18.0 Å². The number of hydrogen-bond donors (Lipinski definition) is 1. The van der Waals surface area contributed by atoms with Gasteiger partial charge in [0.1, 0.15) is 12.2 Å². The zero-order chi connectivity index (χ0) is 32.8. The number of ether oxygens (including phenoxy) is 4. The molecule has 1 heterocycles. The SMILES string of the molecule is CC(C)(C)OC(=O)N[C@@H](CCC(=O)N(CCOCc1ccccc1)C1CCC(C(=O)OCc2ccccc2)CC1)C1CCOCC1. The molecule has 0 bridgehead atoms. The van der Waals surface area contributed by atoms with Gasteiger partial charge in [-0.2, -0.15) is 0 Å². The molecule has 2 fully saturated rings. The minimum absolute atomic E-state index is 0.0198. The summed E-state index contributed by atoms with van der Waals surface area (Å²) in [6.45, 7) is 8.46. The summed E-state index contributed by atoms with van der Waals surface area (Å²) in [5, 5.41) is 3.07. The van der Waals surface area contributed by atoms with Gasteiger partial charge in [-0.3, -0.25) is 9.59 Å². The van der Waals surface area contributed by atoms with Crippen LogP contribution < -0.4 is 5.32 Å². The Kier molecular flexibility index (Phi) is 13.9. The van der Waals surface area contributed by atoms with E-state index in [9.17, 15) is 14.4 Å². The smallest absolute Gasteiger partial charge is 0.407 e. The third-order valence-corrected chi connectivity index (χ3v) is 8.81. The lowest BCUT2D eigenvalue weighted by Gasteiger charge is -2.37. The Bertz CT molecular complexity index is 1200. The highest BCUT2D eigenvalue weighted by Crippen LogP contribution is 2.30. The van der Waals surface area contributed by atoms with Crippen molar-refractivity contribution in [2.24, 2.45) is 11.8 Å². The Morgan fingerprint density at radius 2 is 1.48 bits per heavy atom. The van der Waals surface area contributed by atoms with Crippen molar-refractivity contribution in [1.82, 2.24) is 10.2 Å². The van der Waals surface area contributed by atoms with Gasteiger partial charge in [-0.05, 0) is 82.8 Å². The highest BCUT2D eigenvalue weighted by atomic mass is 16.6. The largest absolute Gasteiger partial charge is 0.461 e. The van der Waals surface area contributed by atoms with Crippen molar-refractivity contribution in [3.05, 3.63) is 71.8 Å². The lowest BCUT2D eigenvalue weighted by molar-refractivity contribution is -0.151. The highest BCUT2D eigenvalue weighted by Gasteiger charge is 2.34. The molecule has 1 aliphatic heterocycles. The van der Waals surface area contributed by atoms with Crippen LogP contribution in [0.2, 0.25) is 0 Å². The van der Waals surface area contributed by atoms with E-state index in [2.05, 4.69) is 5.32 Å². The molecule has 1 N–H and O–H groups in total. The monoisotopic (exact) mass is 636 g/mol. The van der Waals surface area contributed by atoms with Gasteiger partial charge in [0.25, 0.3) is 0 Å². The Hall–Kier alpha value is -3.43. The van der Waals surface area contributed by atoms with Crippen molar-refractivity contribution < 1.29 is 33.3 Å². The van der Waals surface area contributed by atoms with E-state index in [1.807, 2.05) is 86.3 Å². The van der Waals surface area contributed by atoms with Gasteiger partial charge in [-0.15, -0.1) is 0 Å². The molecule has 2 aromatic carbocycles. The zero-order valence-electron chi connectivity index (χ0n) is 27.8. The van der Waals surface area contributed by atoms with Crippen LogP contribution >= 0.6 is 0 Å². The molecule has 252 valence electrons. The number of alkyl carbamates (subject to hydrolysis) is 1. The fourth-order valence-corrected chi connectivity index (χ4v) is 6.33. The van der Waals surface area contributed by atoms with Gasteiger partial charge in [-0.25, -0.2) is 4.79 Å². The van der Waals surface area contributed by atoms with E-state index in [0.29, 0.717) is 58.7 Å². The molecule has 0 aromatic heterocycles. The molecule has 46 heavy (non-hydrogen) atoms. The van der Waals surface area contributed by atoms with Gasteiger partial charge in [0, 0.05) is 38.3 Å². The average Bonchev–Trinajstić information content (AvgIpc) is 3.06. The average molecular weight is 637 g/mol. The predicted molar refractivity (Wildman–Crippen MR) is 176 cm³/mol.